The first kappa shape index (κ1) is 31.7. The van der Waals surface area contributed by atoms with E-state index in [-0.39, 0.29) is 23.1 Å². The van der Waals surface area contributed by atoms with Crippen LogP contribution in [0.2, 0.25) is 0 Å². The lowest BCUT2D eigenvalue weighted by Crippen LogP contribution is -2.30. The molecule has 5 aromatic rings. The Hall–Kier alpha value is -5.73. The minimum absolute atomic E-state index is 0.0425. The van der Waals surface area contributed by atoms with Gasteiger partial charge in [-0.15, -0.1) is 11.8 Å². The van der Waals surface area contributed by atoms with Crippen molar-refractivity contribution in [3.63, 3.8) is 0 Å². The number of amides is 3. The number of anilines is 2. The number of nitrogens with one attached hydrogen (secondary N) is 3. The van der Waals surface area contributed by atoms with Gasteiger partial charge in [0.2, 0.25) is 5.91 Å². The second-order valence-corrected chi connectivity index (χ2v) is 11.4. The van der Waals surface area contributed by atoms with Gasteiger partial charge < -0.3 is 16.0 Å². The van der Waals surface area contributed by atoms with Crippen LogP contribution in [0, 0.1) is 0 Å². The van der Waals surface area contributed by atoms with Crippen molar-refractivity contribution in [2.24, 2.45) is 0 Å². The number of carbonyl (C=O) groups excluding carboxylic acids is 4. The molecule has 0 spiro atoms. The maximum atomic E-state index is 13.5. The van der Waals surface area contributed by atoms with Crippen LogP contribution >= 0.6 is 11.8 Å². The first-order chi connectivity index (χ1) is 22.3. The van der Waals surface area contributed by atoms with Gasteiger partial charge in [-0.05, 0) is 84.3 Å². The van der Waals surface area contributed by atoms with Gasteiger partial charge in [0.25, 0.3) is 11.8 Å². The number of Topliss-reactive ketones (excluding diaryl/α,β-unsaturated/α-hetero) is 1. The van der Waals surface area contributed by atoms with E-state index < -0.39 is 11.8 Å². The van der Waals surface area contributed by atoms with E-state index in [1.165, 1.54) is 18.7 Å². The Bertz CT molecular complexity index is 1870. The van der Waals surface area contributed by atoms with Gasteiger partial charge in [0.1, 0.15) is 5.70 Å². The smallest absolute Gasteiger partial charge is 0.272 e. The van der Waals surface area contributed by atoms with Crippen molar-refractivity contribution in [2.45, 2.75) is 11.8 Å². The molecule has 0 heterocycles. The highest BCUT2D eigenvalue weighted by Crippen LogP contribution is 2.24. The van der Waals surface area contributed by atoms with Crippen LogP contribution in [0.1, 0.15) is 33.2 Å². The molecular weight excluding hydrogens is 595 g/mol. The molecule has 3 amide bonds. The van der Waals surface area contributed by atoms with Gasteiger partial charge in [-0.25, -0.2) is 0 Å². The molecule has 5 rings (SSSR count). The molecule has 7 nitrogen and oxygen atoms in total. The Morgan fingerprint density at radius 2 is 1.28 bits per heavy atom. The van der Waals surface area contributed by atoms with Crippen LogP contribution in [0.5, 0.6) is 0 Å². The van der Waals surface area contributed by atoms with Gasteiger partial charge in [-0.1, -0.05) is 78.9 Å². The molecule has 5 aromatic carbocycles. The normalized spacial score (nSPS) is 10.9. The highest BCUT2D eigenvalue weighted by molar-refractivity contribution is 8.00. The molecule has 0 bridgehead atoms. The Labute approximate surface area is 271 Å². The molecule has 3 N–H and O–H groups in total. The van der Waals surface area contributed by atoms with E-state index in [4.69, 9.17) is 0 Å². The summed E-state index contributed by atoms with van der Waals surface area (Å²) in [5.41, 5.74) is 5.03. The first-order valence-electron chi connectivity index (χ1n) is 14.5. The first-order valence-corrected chi connectivity index (χ1v) is 15.5. The summed E-state index contributed by atoms with van der Waals surface area (Å²) in [5, 5.41) is 8.46. The Kier molecular flexibility index (Phi) is 10.6. The maximum Gasteiger partial charge on any atom is 0.272 e. The third kappa shape index (κ3) is 8.90. The third-order valence-corrected chi connectivity index (χ3v) is 7.89. The average Bonchev–Trinajstić information content (AvgIpc) is 3.08. The number of ketones is 1. The number of hydrogen-bond donors (Lipinski definition) is 3. The largest absolute Gasteiger partial charge is 0.325 e. The van der Waals surface area contributed by atoms with Crippen LogP contribution in [0.25, 0.3) is 17.2 Å². The van der Waals surface area contributed by atoms with Gasteiger partial charge in [-0.2, -0.15) is 0 Å². The highest BCUT2D eigenvalue weighted by Gasteiger charge is 2.16. The van der Waals surface area contributed by atoms with E-state index in [1.54, 1.807) is 72.8 Å². The molecule has 0 aromatic heterocycles. The van der Waals surface area contributed by atoms with Crippen LogP contribution in [0.15, 0.2) is 144 Å². The lowest BCUT2D eigenvalue weighted by atomic mass is 10.0. The second kappa shape index (κ2) is 15.3. The van der Waals surface area contributed by atoms with Crippen LogP contribution in [-0.4, -0.2) is 29.3 Å². The molecular formula is C38H31N3O4S. The topological polar surface area (TPSA) is 104 Å². The molecule has 228 valence electrons. The van der Waals surface area contributed by atoms with Crippen molar-refractivity contribution in [1.29, 1.82) is 0 Å². The molecule has 0 aliphatic carbocycles. The number of rotatable bonds is 11. The summed E-state index contributed by atoms with van der Waals surface area (Å²) in [6.45, 7) is 1.49. The fourth-order valence-corrected chi connectivity index (χ4v) is 5.26. The van der Waals surface area contributed by atoms with E-state index in [0.717, 1.165) is 21.6 Å². The highest BCUT2D eigenvalue weighted by atomic mass is 32.2. The maximum absolute atomic E-state index is 13.5. The molecule has 8 heteroatoms. The van der Waals surface area contributed by atoms with E-state index in [9.17, 15) is 19.2 Å². The molecule has 0 saturated heterocycles. The molecule has 0 saturated carbocycles. The summed E-state index contributed by atoms with van der Waals surface area (Å²) >= 11 is 1.31. The van der Waals surface area contributed by atoms with Crippen LogP contribution in [0.3, 0.4) is 0 Å². The van der Waals surface area contributed by atoms with Crippen LogP contribution in [-0.2, 0) is 9.59 Å². The monoisotopic (exact) mass is 625 g/mol. The molecule has 0 fully saturated rings. The van der Waals surface area contributed by atoms with E-state index in [0.29, 0.717) is 22.5 Å². The molecule has 0 atom stereocenters. The predicted molar refractivity (Wildman–Crippen MR) is 185 cm³/mol. The molecule has 0 aliphatic heterocycles. The third-order valence-electron chi connectivity index (χ3n) is 6.89. The fraction of sp³-hybridized carbons (Fsp3) is 0.0526. The average molecular weight is 626 g/mol. The predicted octanol–water partition coefficient (Wildman–Crippen LogP) is 7.70. The zero-order valence-corrected chi connectivity index (χ0v) is 25.8. The Balaban J connectivity index is 1.27. The molecule has 46 heavy (non-hydrogen) atoms. The van der Waals surface area contributed by atoms with Crippen molar-refractivity contribution in [2.75, 3.05) is 16.4 Å². The van der Waals surface area contributed by atoms with E-state index in [1.807, 2.05) is 66.7 Å². The fourth-order valence-electron chi connectivity index (χ4n) is 4.51. The summed E-state index contributed by atoms with van der Waals surface area (Å²) in [4.78, 5) is 51.4. The van der Waals surface area contributed by atoms with Gasteiger partial charge in [0.05, 0.1) is 5.75 Å². The van der Waals surface area contributed by atoms with Crippen molar-refractivity contribution in [3.05, 3.63) is 156 Å². The summed E-state index contributed by atoms with van der Waals surface area (Å²) in [7, 11) is 0. The quantitative estimate of drug-likeness (QED) is 0.0793. The molecule has 0 radical (unpaired) electrons. The lowest BCUT2D eigenvalue weighted by Gasteiger charge is -2.12. The minimum atomic E-state index is -0.495. The molecule has 0 aliphatic rings. The molecule has 0 unspecified atom stereocenters. The van der Waals surface area contributed by atoms with Gasteiger partial charge in [0, 0.05) is 27.4 Å². The van der Waals surface area contributed by atoms with Gasteiger partial charge >= 0.3 is 0 Å². The number of thioether (sulfide) groups is 1. The zero-order chi connectivity index (χ0) is 32.3. The summed E-state index contributed by atoms with van der Waals surface area (Å²) in [6, 6.07) is 40.2. The SMILES string of the molecule is CC(=O)c1ccc(NC(=O)CSc2cccc(NC(=O)/C(=C\c3ccc(-c4ccccc4)cc3)NC(=O)c3ccccc3)c2)cc1. The van der Waals surface area contributed by atoms with Crippen molar-refractivity contribution >= 4 is 52.7 Å². The summed E-state index contributed by atoms with van der Waals surface area (Å²) < 4.78 is 0. The van der Waals surface area contributed by atoms with Crippen LogP contribution < -0.4 is 16.0 Å². The van der Waals surface area contributed by atoms with E-state index in [2.05, 4.69) is 16.0 Å². The zero-order valence-electron chi connectivity index (χ0n) is 25.0. The summed E-state index contributed by atoms with van der Waals surface area (Å²) in [5.74, 6) is -1.01. The Morgan fingerprint density at radius 3 is 1.96 bits per heavy atom. The second-order valence-electron chi connectivity index (χ2n) is 10.3. The standard InChI is InChI=1S/C38H31N3O4S/c1-26(42)28-19-21-32(22-20-28)39-36(43)25-46-34-14-8-13-33(24-34)40-38(45)35(41-37(44)31-11-6-3-7-12-31)23-27-15-17-30(18-16-27)29-9-4-2-5-10-29/h2-24H,25H2,1H3,(H,39,43)(H,40,45)(H,41,44)/b35-23+. The number of carbonyl (C=O) groups is 4. The van der Waals surface area contributed by atoms with Crippen molar-refractivity contribution < 1.29 is 19.2 Å². The lowest BCUT2D eigenvalue weighted by molar-refractivity contribution is -0.114. The van der Waals surface area contributed by atoms with Crippen LogP contribution in [0.4, 0.5) is 11.4 Å². The van der Waals surface area contributed by atoms with Gasteiger partial charge in [0.15, 0.2) is 5.78 Å². The van der Waals surface area contributed by atoms with E-state index >= 15 is 0 Å². The minimum Gasteiger partial charge on any atom is -0.325 e. The summed E-state index contributed by atoms with van der Waals surface area (Å²) in [6.07, 6.45) is 1.64. The van der Waals surface area contributed by atoms with Crippen molar-refractivity contribution in [3.8, 4) is 11.1 Å². The number of benzene rings is 5. The van der Waals surface area contributed by atoms with Gasteiger partial charge in [-0.3, -0.25) is 19.2 Å². The number of hydrogen-bond acceptors (Lipinski definition) is 5. The van der Waals surface area contributed by atoms with Crippen molar-refractivity contribution in [1.82, 2.24) is 5.32 Å². The Morgan fingerprint density at radius 1 is 0.630 bits per heavy atom.